The van der Waals surface area contributed by atoms with Crippen molar-refractivity contribution in [1.29, 1.82) is 0 Å². The Morgan fingerprint density at radius 2 is 2.06 bits per heavy atom. The number of carbonyl (C=O) groups is 2. The molecule has 0 radical (unpaired) electrons. The van der Waals surface area contributed by atoms with E-state index in [-0.39, 0.29) is 0 Å². The predicted octanol–water partition coefficient (Wildman–Crippen LogP) is 1.26. The number of carbonyl (C=O) groups excluding carboxylic acids is 1. The monoisotopic (exact) mass is 262 g/mol. The molecular formula is C10H9F3N2O3. The van der Waals surface area contributed by atoms with Crippen molar-refractivity contribution in [3.8, 4) is 0 Å². The van der Waals surface area contributed by atoms with Gasteiger partial charge in [-0.2, -0.15) is 13.2 Å². The number of carboxylic acid groups (broad SMARTS) is 1. The third-order valence-electron chi connectivity index (χ3n) is 2.08. The molecule has 1 N–H and O–H groups in total. The van der Waals surface area contributed by atoms with Gasteiger partial charge in [-0.3, -0.25) is 14.6 Å². The van der Waals surface area contributed by atoms with Crippen LogP contribution in [0, 0.1) is 0 Å². The summed E-state index contributed by atoms with van der Waals surface area (Å²) in [7, 11) is 1.11. The average molecular weight is 262 g/mol. The van der Waals surface area contributed by atoms with Crippen LogP contribution in [0.4, 0.5) is 13.2 Å². The van der Waals surface area contributed by atoms with Crippen LogP contribution in [0.15, 0.2) is 18.5 Å². The zero-order valence-electron chi connectivity index (χ0n) is 9.23. The average Bonchev–Trinajstić information content (AvgIpc) is 2.26. The summed E-state index contributed by atoms with van der Waals surface area (Å²) in [5, 5.41) is 8.48. The maximum Gasteiger partial charge on any atom is 0.418 e. The van der Waals surface area contributed by atoms with Crippen molar-refractivity contribution in [3.05, 3.63) is 29.6 Å². The van der Waals surface area contributed by atoms with Gasteiger partial charge in [0, 0.05) is 19.4 Å². The molecule has 0 saturated carbocycles. The molecule has 0 atom stereocenters. The molecule has 0 aromatic carbocycles. The van der Waals surface area contributed by atoms with Gasteiger partial charge in [0.15, 0.2) is 0 Å². The van der Waals surface area contributed by atoms with Crippen molar-refractivity contribution in [1.82, 2.24) is 9.88 Å². The van der Waals surface area contributed by atoms with Gasteiger partial charge in [0.2, 0.25) is 0 Å². The number of carboxylic acids is 1. The van der Waals surface area contributed by atoms with Crippen LogP contribution in [-0.2, 0) is 11.0 Å². The summed E-state index contributed by atoms with van der Waals surface area (Å²) in [5.41, 5.74) is -1.81. The number of alkyl halides is 3. The molecule has 1 aromatic rings. The summed E-state index contributed by atoms with van der Waals surface area (Å²) in [5.74, 6) is -2.33. The van der Waals surface area contributed by atoms with E-state index in [1.165, 1.54) is 0 Å². The van der Waals surface area contributed by atoms with Gasteiger partial charge < -0.3 is 10.0 Å². The number of hydrogen-bond acceptors (Lipinski definition) is 3. The fraction of sp³-hybridized carbons (Fsp3) is 0.300. The lowest BCUT2D eigenvalue weighted by Crippen LogP contribution is -2.33. The number of aliphatic carboxylic acids is 1. The van der Waals surface area contributed by atoms with Gasteiger partial charge in [-0.15, -0.1) is 0 Å². The Morgan fingerprint density at radius 1 is 1.44 bits per heavy atom. The van der Waals surface area contributed by atoms with Crippen molar-refractivity contribution >= 4 is 11.9 Å². The third kappa shape index (κ3) is 3.19. The van der Waals surface area contributed by atoms with Crippen LogP contribution in [0.25, 0.3) is 0 Å². The molecule has 0 aliphatic heterocycles. The highest BCUT2D eigenvalue weighted by molar-refractivity contribution is 5.97. The van der Waals surface area contributed by atoms with Crippen LogP contribution in [0.1, 0.15) is 15.9 Å². The lowest BCUT2D eigenvalue weighted by Gasteiger charge is -2.17. The first-order valence-corrected chi connectivity index (χ1v) is 4.72. The minimum Gasteiger partial charge on any atom is -0.480 e. The number of amides is 1. The first kappa shape index (κ1) is 13.9. The zero-order chi connectivity index (χ0) is 13.9. The van der Waals surface area contributed by atoms with Gasteiger partial charge in [0.25, 0.3) is 5.91 Å². The van der Waals surface area contributed by atoms with Crippen LogP contribution in [-0.4, -0.2) is 40.5 Å². The smallest absolute Gasteiger partial charge is 0.418 e. The van der Waals surface area contributed by atoms with E-state index in [0.717, 1.165) is 19.3 Å². The van der Waals surface area contributed by atoms with Gasteiger partial charge in [-0.05, 0) is 6.07 Å². The summed E-state index contributed by atoms with van der Waals surface area (Å²) in [6.07, 6.45) is -3.15. The summed E-state index contributed by atoms with van der Waals surface area (Å²) in [4.78, 5) is 26.1. The highest BCUT2D eigenvalue weighted by Crippen LogP contribution is 2.31. The standard InChI is InChI=1S/C10H9F3N2O3/c1-15(5-8(16)17)9(18)6-2-3-14-4-7(6)10(11,12)13/h2-4H,5H2,1H3,(H,16,17). The first-order valence-electron chi connectivity index (χ1n) is 4.72. The van der Waals surface area contributed by atoms with Crippen molar-refractivity contribution < 1.29 is 27.9 Å². The highest BCUT2D eigenvalue weighted by atomic mass is 19.4. The number of rotatable bonds is 3. The van der Waals surface area contributed by atoms with Crippen LogP contribution in [0.5, 0.6) is 0 Å². The molecule has 0 spiro atoms. The normalized spacial score (nSPS) is 11.1. The summed E-state index contributed by atoms with van der Waals surface area (Å²) >= 11 is 0. The molecule has 98 valence electrons. The molecular weight excluding hydrogens is 253 g/mol. The number of likely N-dealkylation sites (N-methyl/N-ethyl adjacent to an activating group) is 1. The van der Waals surface area contributed by atoms with E-state index in [0.29, 0.717) is 11.1 Å². The molecule has 1 amide bonds. The fourth-order valence-electron chi connectivity index (χ4n) is 1.29. The quantitative estimate of drug-likeness (QED) is 0.890. The molecule has 0 fully saturated rings. The molecule has 0 bridgehead atoms. The third-order valence-corrected chi connectivity index (χ3v) is 2.08. The Balaban J connectivity index is 3.10. The van der Waals surface area contributed by atoms with Gasteiger partial charge in [0.05, 0.1) is 11.1 Å². The molecule has 0 aliphatic carbocycles. The van der Waals surface area contributed by atoms with Crippen LogP contribution < -0.4 is 0 Å². The molecule has 18 heavy (non-hydrogen) atoms. The molecule has 1 heterocycles. The Hall–Kier alpha value is -2.12. The van der Waals surface area contributed by atoms with Crippen LogP contribution in [0.3, 0.4) is 0 Å². The molecule has 1 aromatic heterocycles. The second kappa shape index (κ2) is 5.03. The SMILES string of the molecule is CN(CC(=O)O)C(=O)c1ccncc1C(F)(F)F. The van der Waals surface area contributed by atoms with E-state index in [9.17, 15) is 22.8 Å². The van der Waals surface area contributed by atoms with Crippen LogP contribution in [0.2, 0.25) is 0 Å². The number of aromatic nitrogens is 1. The second-order valence-corrected chi connectivity index (χ2v) is 3.47. The van der Waals surface area contributed by atoms with Gasteiger partial charge >= 0.3 is 12.1 Å². The van der Waals surface area contributed by atoms with E-state index in [4.69, 9.17) is 5.11 Å². The zero-order valence-corrected chi connectivity index (χ0v) is 9.23. The van der Waals surface area contributed by atoms with Crippen molar-refractivity contribution in [2.24, 2.45) is 0 Å². The second-order valence-electron chi connectivity index (χ2n) is 3.47. The van der Waals surface area contributed by atoms with Crippen molar-refractivity contribution in [3.63, 3.8) is 0 Å². The number of pyridine rings is 1. The van der Waals surface area contributed by atoms with Crippen LogP contribution >= 0.6 is 0 Å². The van der Waals surface area contributed by atoms with E-state index < -0.39 is 35.7 Å². The lowest BCUT2D eigenvalue weighted by atomic mass is 10.1. The lowest BCUT2D eigenvalue weighted by molar-refractivity contribution is -0.138. The topological polar surface area (TPSA) is 70.5 Å². The number of halogens is 3. The Morgan fingerprint density at radius 3 is 2.56 bits per heavy atom. The minimum atomic E-state index is -4.72. The van der Waals surface area contributed by atoms with Gasteiger partial charge in [-0.1, -0.05) is 0 Å². The Kier molecular flexibility index (Phi) is 3.89. The molecule has 0 saturated heterocycles. The van der Waals surface area contributed by atoms with E-state index >= 15 is 0 Å². The van der Waals surface area contributed by atoms with E-state index in [2.05, 4.69) is 4.98 Å². The number of nitrogens with zero attached hydrogens (tertiary/aromatic N) is 2. The van der Waals surface area contributed by atoms with Crippen molar-refractivity contribution in [2.45, 2.75) is 6.18 Å². The van der Waals surface area contributed by atoms with Gasteiger partial charge in [-0.25, -0.2) is 0 Å². The minimum absolute atomic E-state index is 0.530. The largest absolute Gasteiger partial charge is 0.480 e. The van der Waals surface area contributed by atoms with E-state index in [1.807, 2.05) is 0 Å². The number of hydrogen-bond donors (Lipinski definition) is 1. The van der Waals surface area contributed by atoms with Gasteiger partial charge in [0.1, 0.15) is 6.54 Å². The maximum absolute atomic E-state index is 12.6. The molecule has 1 rings (SSSR count). The first-order chi connectivity index (χ1) is 8.23. The summed E-state index contributed by atoms with van der Waals surface area (Å²) < 4.78 is 37.8. The summed E-state index contributed by atoms with van der Waals surface area (Å²) in [6, 6.07) is 0.906. The maximum atomic E-state index is 12.6. The molecule has 0 aliphatic rings. The summed E-state index contributed by atoms with van der Waals surface area (Å²) in [6.45, 7) is -0.682. The Labute approximate surface area is 99.8 Å². The predicted molar refractivity (Wildman–Crippen MR) is 53.8 cm³/mol. The highest BCUT2D eigenvalue weighted by Gasteiger charge is 2.36. The molecule has 0 unspecified atom stereocenters. The molecule has 5 nitrogen and oxygen atoms in total. The van der Waals surface area contributed by atoms with E-state index in [1.54, 1.807) is 0 Å². The molecule has 8 heteroatoms. The van der Waals surface area contributed by atoms with Crippen molar-refractivity contribution in [2.75, 3.05) is 13.6 Å². The Bertz CT molecular complexity index is 474. The fourth-order valence-corrected chi connectivity index (χ4v) is 1.29.